The zero-order chi connectivity index (χ0) is 13.8. The highest BCUT2D eigenvalue weighted by Crippen LogP contribution is 2.28. The molecule has 0 spiro atoms. The summed E-state index contributed by atoms with van der Waals surface area (Å²) in [7, 11) is 3.49. The van der Waals surface area contributed by atoms with Crippen LogP contribution in [0.25, 0.3) is 0 Å². The highest BCUT2D eigenvalue weighted by Gasteiger charge is 2.23. The van der Waals surface area contributed by atoms with Crippen LogP contribution in [0.5, 0.6) is 0 Å². The minimum atomic E-state index is -0.501. The van der Waals surface area contributed by atoms with Crippen molar-refractivity contribution in [1.29, 1.82) is 0 Å². The van der Waals surface area contributed by atoms with Crippen molar-refractivity contribution in [2.24, 2.45) is 0 Å². The summed E-state index contributed by atoms with van der Waals surface area (Å²) in [4.78, 5) is 1.70. The van der Waals surface area contributed by atoms with Crippen LogP contribution in [0.2, 0.25) is 0 Å². The molecule has 19 heavy (non-hydrogen) atoms. The van der Waals surface area contributed by atoms with Crippen LogP contribution in [-0.4, -0.2) is 33.4 Å². The Kier molecular flexibility index (Phi) is 4.71. The van der Waals surface area contributed by atoms with Gasteiger partial charge in [0.1, 0.15) is 17.3 Å². The number of ether oxygens (including phenoxy) is 1. The van der Waals surface area contributed by atoms with Gasteiger partial charge in [0, 0.05) is 32.8 Å². The van der Waals surface area contributed by atoms with Gasteiger partial charge in [0.05, 0.1) is 0 Å². The van der Waals surface area contributed by atoms with Crippen LogP contribution in [0.3, 0.4) is 0 Å². The summed E-state index contributed by atoms with van der Waals surface area (Å²) >= 11 is 0. The lowest BCUT2D eigenvalue weighted by Gasteiger charge is -2.33. The summed E-state index contributed by atoms with van der Waals surface area (Å²) in [6.07, 6.45) is 1.60. The monoisotopic (exact) mass is 270 g/mol. The fraction of sp³-hybridized carbons (Fsp3) is 0.571. The van der Waals surface area contributed by atoms with Crippen LogP contribution in [-0.2, 0) is 11.3 Å². The second kappa shape index (κ2) is 6.30. The van der Waals surface area contributed by atoms with E-state index in [4.69, 9.17) is 4.74 Å². The fourth-order valence-electron chi connectivity index (χ4n) is 2.52. The molecule has 0 amide bonds. The van der Waals surface area contributed by atoms with Gasteiger partial charge in [-0.1, -0.05) is 0 Å². The third kappa shape index (κ3) is 3.22. The lowest BCUT2D eigenvalue weighted by atomic mass is 10.1. The molecular formula is C14H20F2N2O. The van der Waals surface area contributed by atoms with E-state index >= 15 is 0 Å². The molecule has 0 radical (unpaired) electrons. The first-order valence-electron chi connectivity index (χ1n) is 6.56. The second-order valence-electron chi connectivity index (χ2n) is 4.89. The number of rotatable bonds is 4. The Morgan fingerprint density at radius 1 is 1.26 bits per heavy atom. The molecular weight excluding hydrogens is 250 g/mol. The van der Waals surface area contributed by atoms with Gasteiger partial charge in [-0.25, -0.2) is 8.78 Å². The topological polar surface area (TPSA) is 24.5 Å². The van der Waals surface area contributed by atoms with E-state index in [0.717, 1.165) is 12.8 Å². The summed E-state index contributed by atoms with van der Waals surface area (Å²) in [6.45, 7) is 1.75. The normalized spacial score (nSPS) is 16.6. The molecule has 0 unspecified atom stereocenters. The molecule has 0 bridgehead atoms. The van der Waals surface area contributed by atoms with Crippen molar-refractivity contribution >= 4 is 5.69 Å². The Labute approximate surface area is 112 Å². The van der Waals surface area contributed by atoms with Gasteiger partial charge in [-0.3, -0.25) is 0 Å². The predicted octanol–water partition coefficient (Wildman–Crippen LogP) is 2.30. The van der Waals surface area contributed by atoms with E-state index in [-0.39, 0.29) is 11.7 Å². The van der Waals surface area contributed by atoms with Crippen molar-refractivity contribution in [3.05, 3.63) is 29.3 Å². The van der Waals surface area contributed by atoms with E-state index in [9.17, 15) is 8.78 Å². The smallest absolute Gasteiger partial charge is 0.149 e. The maximum Gasteiger partial charge on any atom is 0.149 e. The van der Waals surface area contributed by atoms with E-state index < -0.39 is 11.6 Å². The molecule has 1 aliphatic heterocycles. The summed E-state index contributed by atoms with van der Waals surface area (Å²) < 4.78 is 33.5. The Balaban J connectivity index is 2.23. The summed E-state index contributed by atoms with van der Waals surface area (Å²) in [5, 5.41) is 2.89. The molecule has 1 aromatic rings. The highest BCUT2D eigenvalue weighted by molar-refractivity contribution is 5.51. The Hall–Kier alpha value is -1.20. The van der Waals surface area contributed by atoms with Crippen LogP contribution in [0, 0.1) is 11.6 Å². The molecule has 1 aliphatic rings. The molecule has 1 saturated heterocycles. The minimum Gasteiger partial charge on any atom is -0.381 e. The summed E-state index contributed by atoms with van der Waals surface area (Å²) in [5.74, 6) is -1.00. The predicted molar refractivity (Wildman–Crippen MR) is 71.4 cm³/mol. The molecule has 2 rings (SSSR count). The Bertz CT molecular complexity index is 410. The molecule has 1 heterocycles. The van der Waals surface area contributed by atoms with Crippen molar-refractivity contribution in [2.75, 3.05) is 32.2 Å². The average molecular weight is 270 g/mol. The molecule has 1 N–H and O–H groups in total. The van der Waals surface area contributed by atoms with Crippen molar-refractivity contribution in [3.8, 4) is 0 Å². The lowest BCUT2D eigenvalue weighted by Crippen LogP contribution is -2.37. The molecule has 1 fully saturated rings. The zero-order valence-corrected chi connectivity index (χ0v) is 11.4. The minimum absolute atomic E-state index is 0.0618. The number of hydrogen-bond acceptors (Lipinski definition) is 3. The maximum atomic E-state index is 14.1. The van der Waals surface area contributed by atoms with Crippen LogP contribution in [0.4, 0.5) is 14.5 Å². The van der Waals surface area contributed by atoms with Crippen LogP contribution in [0.15, 0.2) is 12.1 Å². The zero-order valence-electron chi connectivity index (χ0n) is 11.4. The van der Waals surface area contributed by atoms with Gasteiger partial charge in [0.2, 0.25) is 0 Å². The third-order valence-electron chi connectivity index (χ3n) is 3.55. The first-order valence-corrected chi connectivity index (χ1v) is 6.56. The van der Waals surface area contributed by atoms with Crippen molar-refractivity contribution in [1.82, 2.24) is 5.32 Å². The number of anilines is 1. The number of benzene rings is 1. The average Bonchev–Trinajstić information content (AvgIpc) is 2.39. The molecule has 0 aromatic heterocycles. The van der Waals surface area contributed by atoms with Gasteiger partial charge in [0.15, 0.2) is 0 Å². The van der Waals surface area contributed by atoms with Gasteiger partial charge in [-0.05, 0) is 37.6 Å². The van der Waals surface area contributed by atoms with E-state index in [2.05, 4.69) is 5.32 Å². The van der Waals surface area contributed by atoms with Gasteiger partial charge >= 0.3 is 0 Å². The fourth-order valence-corrected chi connectivity index (χ4v) is 2.52. The van der Waals surface area contributed by atoms with E-state index in [0.29, 0.717) is 25.3 Å². The standard InChI is InChI=1S/C14H20F2N2O/c1-17-9-10-7-12(15)14(13(16)8-10)18(2)11-3-5-19-6-4-11/h7-8,11,17H,3-6,9H2,1-2H3. The van der Waals surface area contributed by atoms with Crippen LogP contribution in [0.1, 0.15) is 18.4 Å². The quantitative estimate of drug-likeness (QED) is 0.908. The SMILES string of the molecule is CNCc1cc(F)c(N(C)C2CCOCC2)c(F)c1. The van der Waals surface area contributed by atoms with Gasteiger partial charge in [-0.2, -0.15) is 0 Å². The lowest BCUT2D eigenvalue weighted by molar-refractivity contribution is 0.0852. The van der Waals surface area contributed by atoms with E-state index in [1.54, 1.807) is 19.0 Å². The molecule has 106 valence electrons. The molecule has 0 aliphatic carbocycles. The summed E-state index contributed by atoms with van der Waals surface area (Å²) in [5.41, 5.74) is 0.674. The Morgan fingerprint density at radius 3 is 2.37 bits per heavy atom. The largest absolute Gasteiger partial charge is 0.381 e. The molecule has 5 heteroatoms. The third-order valence-corrected chi connectivity index (χ3v) is 3.55. The van der Waals surface area contributed by atoms with Crippen molar-refractivity contribution in [3.63, 3.8) is 0 Å². The Morgan fingerprint density at radius 2 is 1.84 bits per heavy atom. The number of nitrogens with one attached hydrogen (secondary N) is 1. The highest BCUT2D eigenvalue weighted by atomic mass is 19.1. The number of hydrogen-bond donors (Lipinski definition) is 1. The van der Waals surface area contributed by atoms with Gasteiger partial charge in [0.25, 0.3) is 0 Å². The molecule has 1 aromatic carbocycles. The van der Waals surface area contributed by atoms with Crippen molar-refractivity contribution < 1.29 is 13.5 Å². The summed E-state index contributed by atoms with van der Waals surface area (Å²) in [6, 6.07) is 2.92. The van der Waals surface area contributed by atoms with E-state index in [1.807, 2.05) is 0 Å². The number of nitrogens with zero attached hydrogens (tertiary/aromatic N) is 1. The second-order valence-corrected chi connectivity index (χ2v) is 4.89. The van der Waals surface area contributed by atoms with Crippen LogP contribution >= 0.6 is 0 Å². The van der Waals surface area contributed by atoms with Crippen molar-refractivity contribution in [2.45, 2.75) is 25.4 Å². The van der Waals surface area contributed by atoms with E-state index in [1.165, 1.54) is 12.1 Å². The first-order chi connectivity index (χ1) is 9.13. The van der Waals surface area contributed by atoms with Gasteiger partial charge < -0.3 is 15.0 Å². The number of halogens is 2. The van der Waals surface area contributed by atoms with Gasteiger partial charge in [-0.15, -0.1) is 0 Å². The first kappa shape index (κ1) is 14.2. The molecule has 0 saturated carbocycles. The molecule has 3 nitrogen and oxygen atoms in total. The molecule has 0 atom stereocenters. The maximum absolute atomic E-state index is 14.1. The van der Waals surface area contributed by atoms with Crippen LogP contribution < -0.4 is 10.2 Å².